The van der Waals surface area contributed by atoms with Crippen LogP contribution in [0.15, 0.2) is 24.4 Å². The Balaban J connectivity index is 1.41. The number of carbonyl (C=O) groups is 3. The van der Waals surface area contributed by atoms with Crippen LogP contribution in [-0.2, 0) is 22.3 Å². The molecular weight excluding hydrogens is 519 g/mol. The van der Waals surface area contributed by atoms with Gasteiger partial charge in [0.05, 0.1) is 45.9 Å². The second-order valence-corrected chi connectivity index (χ2v) is 11.8. The monoisotopic (exact) mass is 543 g/mol. The van der Waals surface area contributed by atoms with E-state index in [1.165, 1.54) is 35.4 Å². The van der Waals surface area contributed by atoms with E-state index in [2.05, 4.69) is 20.6 Å². The van der Waals surface area contributed by atoms with E-state index in [0.29, 0.717) is 33.7 Å². The highest BCUT2D eigenvalue weighted by atomic mass is 32.1. The number of nitrogens with one attached hydrogen (secondary N) is 2. The van der Waals surface area contributed by atoms with Crippen LogP contribution in [0.1, 0.15) is 40.3 Å². The number of aryl methyl sites for hydroxylation is 1. The molecular formula is C26H24F3N5O3S. The van der Waals surface area contributed by atoms with Crippen LogP contribution >= 0.6 is 11.3 Å². The van der Waals surface area contributed by atoms with Crippen molar-refractivity contribution in [3.05, 3.63) is 46.1 Å². The van der Waals surface area contributed by atoms with Crippen molar-refractivity contribution in [1.29, 1.82) is 0 Å². The first-order valence-electron chi connectivity index (χ1n) is 12.2. The summed E-state index contributed by atoms with van der Waals surface area (Å²) in [6, 6.07) is 4.03. The molecule has 198 valence electrons. The molecule has 8 nitrogen and oxygen atoms in total. The number of amides is 3. The van der Waals surface area contributed by atoms with Gasteiger partial charge in [0.15, 0.2) is 0 Å². The number of hydrogen-bond donors (Lipinski definition) is 2. The predicted octanol–water partition coefficient (Wildman–Crippen LogP) is 3.53. The first kappa shape index (κ1) is 24.9. The molecule has 3 aromatic heterocycles. The summed E-state index contributed by atoms with van der Waals surface area (Å²) in [5.41, 5.74) is -0.454. The summed E-state index contributed by atoms with van der Waals surface area (Å²) in [5.74, 6) is -1.50. The molecule has 0 aromatic carbocycles. The van der Waals surface area contributed by atoms with Crippen molar-refractivity contribution in [1.82, 2.24) is 25.5 Å². The van der Waals surface area contributed by atoms with Crippen LogP contribution in [0.4, 0.5) is 13.2 Å². The predicted molar refractivity (Wildman–Crippen MR) is 133 cm³/mol. The largest absolute Gasteiger partial charge is 0.433 e. The average molecular weight is 544 g/mol. The van der Waals surface area contributed by atoms with Gasteiger partial charge in [0.25, 0.3) is 5.91 Å². The Morgan fingerprint density at radius 3 is 2.50 bits per heavy atom. The number of imide groups is 1. The van der Waals surface area contributed by atoms with E-state index in [4.69, 9.17) is 0 Å². The minimum absolute atomic E-state index is 0.0677. The standard InChI is InChI=1S/C26H24F3N5O3S/c1-11-6-16(26(27,28)29)33-20(17(11)22(35)32-12-8-30-9-12)14-4-5-31-15-7-13(38-21(14)15)10-34-23(36)18-19(24(34)37)25(18,2)3/h4-7,12,18-19,30H,8-10H2,1-3H3,(H,32,35). The Kier molecular flexibility index (Phi) is 5.45. The van der Waals surface area contributed by atoms with Crippen LogP contribution in [0.3, 0.4) is 0 Å². The average Bonchev–Trinajstić information content (AvgIpc) is 3.06. The van der Waals surface area contributed by atoms with Crippen molar-refractivity contribution in [3.8, 4) is 11.3 Å². The van der Waals surface area contributed by atoms with Crippen molar-refractivity contribution < 1.29 is 27.6 Å². The minimum Gasteiger partial charge on any atom is -0.347 e. The topological polar surface area (TPSA) is 104 Å². The van der Waals surface area contributed by atoms with E-state index in [9.17, 15) is 27.6 Å². The van der Waals surface area contributed by atoms with Gasteiger partial charge in [-0.15, -0.1) is 11.3 Å². The number of piperidine rings is 1. The molecule has 0 radical (unpaired) electrons. The number of hydrogen-bond acceptors (Lipinski definition) is 7. The number of rotatable bonds is 5. The Morgan fingerprint density at radius 1 is 1.21 bits per heavy atom. The van der Waals surface area contributed by atoms with Crippen LogP contribution < -0.4 is 10.6 Å². The Bertz CT molecular complexity index is 1500. The first-order chi connectivity index (χ1) is 17.9. The molecule has 3 aromatic rings. The third-order valence-electron chi connectivity index (χ3n) is 7.77. The maximum Gasteiger partial charge on any atom is 0.433 e. The van der Waals surface area contributed by atoms with Gasteiger partial charge in [0, 0.05) is 29.7 Å². The zero-order valence-electron chi connectivity index (χ0n) is 20.8. The Morgan fingerprint density at radius 2 is 1.89 bits per heavy atom. The van der Waals surface area contributed by atoms with Crippen LogP contribution in [0.25, 0.3) is 21.5 Å². The summed E-state index contributed by atoms with van der Waals surface area (Å²) in [6.07, 6.45) is -3.25. The van der Waals surface area contributed by atoms with Gasteiger partial charge in [-0.25, -0.2) is 4.98 Å². The highest BCUT2D eigenvalue weighted by Crippen LogP contribution is 2.63. The zero-order chi connectivity index (χ0) is 27.1. The molecule has 2 saturated heterocycles. The van der Waals surface area contributed by atoms with Gasteiger partial charge in [0.2, 0.25) is 11.8 Å². The van der Waals surface area contributed by atoms with Gasteiger partial charge < -0.3 is 10.6 Å². The molecule has 2 unspecified atom stereocenters. The molecule has 5 heterocycles. The molecule has 1 saturated carbocycles. The fraction of sp³-hybridized carbons (Fsp3) is 0.423. The lowest BCUT2D eigenvalue weighted by Gasteiger charge is -2.28. The lowest BCUT2D eigenvalue weighted by Crippen LogP contribution is -2.57. The van der Waals surface area contributed by atoms with Crippen molar-refractivity contribution in [3.63, 3.8) is 0 Å². The van der Waals surface area contributed by atoms with Crippen molar-refractivity contribution in [2.75, 3.05) is 13.1 Å². The van der Waals surface area contributed by atoms with Crippen molar-refractivity contribution in [2.24, 2.45) is 17.3 Å². The first-order valence-corrected chi connectivity index (χ1v) is 13.0. The number of aromatic nitrogens is 2. The van der Waals surface area contributed by atoms with E-state index in [0.717, 1.165) is 6.07 Å². The molecule has 0 bridgehead atoms. The normalized spacial score (nSPS) is 22.5. The Labute approximate surface area is 219 Å². The van der Waals surface area contributed by atoms with Crippen LogP contribution in [0, 0.1) is 24.2 Å². The summed E-state index contributed by atoms with van der Waals surface area (Å²) in [4.78, 5) is 49.0. The van der Waals surface area contributed by atoms with Crippen molar-refractivity contribution in [2.45, 2.75) is 39.5 Å². The highest BCUT2D eigenvalue weighted by Gasteiger charge is 2.72. The molecule has 0 spiro atoms. The molecule has 38 heavy (non-hydrogen) atoms. The van der Waals surface area contributed by atoms with Gasteiger partial charge in [-0.1, -0.05) is 13.8 Å². The van der Waals surface area contributed by atoms with Gasteiger partial charge in [-0.2, -0.15) is 13.2 Å². The fourth-order valence-corrected chi connectivity index (χ4v) is 6.63. The van der Waals surface area contributed by atoms with Crippen LogP contribution in [0.2, 0.25) is 0 Å². The van der Waals surface area contributed by atoms with Gasteiger partial charge in [0.1, 0.15) is 5.69 Å². The molecule has 3 aliphatic rings. The second-order valence-electron chi connectivity index (χ2n) is 10.7. The molecule has 1 aliphatic carbocycles. The molecule has 6 rings (SSSR count). The minimum atomic E-state index is -4.70. The molecule has 2 aliphatic heterocycles. The Hall–Kier alpha value is -3.38. The zero-order valence-corrected chi connectivity index (χ0v) is 21.6. The third-order valence-corrected chi connectivity index (χ3v) is 8.92. The number of halogens is 3. The smallest absolute Gasteiger partial charge is 0.347 e. The number of thiophene rings is 1. The molecule has 3 amide bonds. The summed E-state index contributed by atoms with van der Waals surface area (Å²) in [6.45, 7) is 6.50. The SMILES string of the molecule is Cc1cc(C(F)(F)F)nc(-c2ccnc3cc(CN4C(=O)C5C(C4=O)C5(C)C)sc23)c1C(=O)NC1CNC1. The molecule has 12 heteroatoms. The van der Waals surface area contributed by atoms with E-state index >= 15 is 0 Å². The number of fused-ring (bicyclic) bond motifs is 2. The van der Waals surface area contributed by atoms with E-state index < -0.39 is 17.8 Å². The lowest BCUT2D eigenvalue weighted by atomic mass is 9.99. The summed E-state index contributed by atoms with van der Waals surface area (Å²) >= 11 is 1.22. The highest BCUT2D eigenvalue weighted by molar-refractivity contribution is 7.19. The van der Waals surface area contributed by atoms with Gasteiger partial charge in [-0.3, -0.25) is 24.3 Å². The number of nitrogens with zero attached hydrogens (tertiary/aromatic N) is 3. The summed E-state index contributed by atoms with van der Waals surface area (Å²) < 4.78 is 41.7. The van der Waals surface area contributed by atoms with Crippen LogP contribution in [0.5, 0.6) is 0 Å². The quantitative estimate of drug-likeness (QED) is 0.478. The fourth-order valence-electron chi connectivity index (χ4n) is 5.52. The molecule has 2 atom stereocenters. The van der Waals surface area contributed by atoms with Crippen LogP contribution in [-0.4, -0.2) is 51.7 Å². The van der Waals surface area contributed by atoms with Gasteiger partial charge in [-0.05, 0) is 36.1 Å². The van der Waals surface area contributed by atoms with Crippen molar-refractivity contribution >= 4 is 39.3 Å². The number of carbonyl (C=O) groups excluding carboxylic acids is 3. The number of likely N-dealkylation sites (tertiary alicyclic amines) is 1. The lowest BCUT2D eigenvalue weighted by molar-refractivity contribution is -0.144. The molecule has 3 fully saturated rings. The van der Waals surface area contributed by atoms with Gasteiger partial charge >= 0.3 is 6.18 Å². The van der Waals surface area contributed by atoms with E-state index in [1.807, 2.05) is 13.8 Å². The van der Waals surface area contributed by atoms with E-state index in [1.54, 1.807) is 6.07 Å². The maximum absolute atomic E-state index is 13.7. The number of pyridine rings is 2. The number of alkyl halides is 3. The summed E-state index contributed by atoms with van der Waals surface area (Å²) in [7, 11) is 0. The second kappa shape index (κ2) is 8.31. The summed E-state index contributed by atoms with van der Waals surface area (Å²) in [5, 5.41) is 5.89. The maximum atomic E-state index is 13.7. The van der Waals surface area contributed by atoms with E-state index in [-0.39, 0.29) is 58.5 Å². The third kappa shape index (κ3) is 3.80. The molecule has 2 N–H and O–H groups in total.